The van der Waals surface area contributed by atoms with Gasteiger partial charge in [-0.3, -0.25) is 9.59 Å². The van der Waals surface area contributed by atoms with Crippen LogP contribution in [0.5, 0.6) is 0 Å². The number of hydrogen-bond acceptors (Lipinski definition) is 5. The number of rotatable bonds is 5. The molecule has 1 heterocycles. The fraction of sp³-hybridized carbons (Fsp3) is 0.125. The van der Waals surface area contributed by atoms with E-state index in [0.29, 0.717) is 16.2 Å². The standard InChI is InChI=1S/C16H13ClN4O3/c17-11-5-7-12(8-6-11)18-15(22)10-24-16(23)9-21-14-4-2-1-3-13(14)19-20-21/h1-8H,9-10H2,(H,18,22). The summed E-state index contributed by atoms with van der Waals surface area (Å²) >= 11 is 5.76. The van der Waals surface area contributed by atoms with E-state index in [1.807, 2.05) is 12.1 Å². The Kier molecular flexibility index (Phi) is 4.72. The molecule has 1 amide bonds. The molecule has 0 bridgehead atoms. The monoisotopic (exact) mass is 344 g/mol. The highest BCUT2D eigenvalue weighted by atomic mass is 35.5. The van der Waals surface area contributed by atoms with Crippen molar-refractivity contribution in [2.75, 3.05) is 11.9 Å². The second kappa shape index (κ2) is 7.10. The van der Waals surface area contributed by atoms with Gasteiger partial charge in [-0.2, -0.15) is 0 Å². The molecule has 3 aromatic rings. The first kappa shape index (κ1) is 15.9. The fourth-order valence-electron chi connectivity index (χ4n) is 2.08. The molecular weight excluding hydrogens is 332 g/mol. The van der Waals surface area contributed by atoms with Crippen LogP contribution in [0.1, 0.15) is 0 Å². The van der Waals surface area contributed by atoms with E-state index in [4.69, 9.17) is 16.3 Å². The van der Waals surface area contributed by atoms with Gasteiger partial charge < -0.3 is 10.1 Å². The van der Waals surface area contributed by atoms with Crippen LogP contribution in [0.25, 0.3) is 11.0 Å². The minimum absolute atomic E-state index is 0.116. The summed E-state index contributed by atoms with van der Waals surface area (Å²) in [7, 11) is 0. The number of nitrogens with zero attached hydrogens (tertiary/aromatic N) is 3. The first-order valence-electron chi connectivity index (χ1n) is 7.11. The highest BCUT2D eigenvalue weighted by molar-refractivity contribution is 6.30. The number of esters is 1. The summed E-state index contributed by atoms with van der Waals surface area (Å²) in [6.07, 6.45) is 0. The van der Waals surface area contributed by atoms with Gasteiger partial charge in [0.1, 0.15) is 12.1 Å². The van der Waals surface area contributed by atoms with Crippen LogP contribution in [0, 0.1) is 0 Å². The third kappa shape index (κ3) is 3.88. The largest absolute Gasteiger partial charge is 0.454 e. The lowest BCUT2D eigenvalue weighted by Crippen LogP contribution is -2.23. The Labute approximate surface area is 142 Å². The normalized spacial score (nSPS) is 10.5. The SMILES string of the molecule is O=C(COC(=O)Cn1nnc2ccccc21)Nc1ccc(Cl)cc1. The average molecular weight is 345 g/mol. The maximum Gasteiger partial charge on any atom is 0.328 e. The summed E-state index contributed by atoms with van der Waals surface area (Å²) in [5, 5.41) is 11.0. The van der Waals surface area contributed by atoms with Gasteiger partial charge >= 0.3 is 5.97 Å². The van der Waals surface area contributed by atoms with Crippen molar-refractivity contribution in [2.24, 2.45) is 0 Å². The lowest BCUT2D eigenvalue weighted by molar-refractivity contribution is -0.148. The van der Waals surface area contributed by atoms with Gasteiger partial charge in [0.15, 0.2) is 6.61 Å². The number of carbonyl (C=O) groups excluding carboxylic acids is 2. The molecule has 0 unspecified atom stereocenters. The van der Waals surface area contributed by atoms with Gasteiger partial charge in [0, 0.05) is 10.7 Å². The molecule has 0 radical (unpaired) electrons. The van der Waals surface area contributed by atoms with Crippen LogP contribution in [-0.2, 0) is 20.9 Å². The molecule has 2 aromatic carbocycles. The molecule has 0 fully saturated rings. The van der Waals surface area contributed by atoms with Gasteiger partial charge in [-0.15, -0.1) is 5.10 Å². The summed E-state index contributed by atoms with van der Waals surface area (Å²) in [6, 6.07) is 13.9. The van der Waals surface area contributed by atoms with Crippen LogP contribution >= 0.6 is 11.6 Å². The first-order valence-corrected chi connectivity index (χ1v) is 7.49. The Morgan fingerprint density at radius 2 is 1.88 bits per heavy atom. The minimum Gasteiger partial charge on any atom is -0.454 e. The van der Waals surface area contributed by atoms with Crippen molar-refractivity contribution in [3.05, 3.63) is 53.6 Å². The Balaban J connectivity index is 1.52. The molecule has 0 aliphatic heterocycles. The van der Waals surface area contributed by atoms with Crippen LogP contribution in [-0.4, -0.2) is 33.5 Å². The molecule has 1 N–H and O–H groups in total. The highest BCUT2D eigenvalue weighted by Crippen LogP contribution is 2.13. The van der Waals surface area contributed by atoms with E-state index in [1.54, 1.807) is 36.4 Å². The number of benzene rings is 2. The number of halogens is 1. The van der Waals surface area contributed by atoms with Crippen LogP contribution in [0.15, 0.2) is 48.5 Å². The topological polar surface area (TPSA) is 86.1 Å². The maximum absolute atomic E-state index is 11.8. The quantitative estimate of drug-likeness (QED) is 0.717. The Hall–Kier alpha value is -2.93. The summed E-state index contributed by atoms with van der Waals surface area (Å²) in [5.74, 6) is -1.01. The summed E-state index contributed by atoms with van der Waals surface area (Å²) in [4.78, 5) is 23.6. The molecule has 0 saturated carbocycles. The molecule has 0 spiro atoms. The van der Waals surface area contributed by atoms with E-state index in [-0.39, 0.29) is 13.2 Å². The van der Waals surface area contributed by atoms with E-state index in [1.165, 1.54) is 4.68 Å². The molecule has 3 rings (SSSR count). The minimum atomic E-state index is -0.572. The number of carbonyl (C=O) groups is 2. The predicted molar refractivity (Wildman–Crippen MR) is 88.6 cm³/mol. The Bertz CT molecular complexity index is 876. The van der Waals surface area contributed by atoms with Crippen LogP contribution in [0.3, 0.4) is 0 Å². The predicted octanol–water partition coefficient (Wildman–Crippen LogP) is 2.27. The number of amides is 1. The van der Waals surface area contributed by atoms with E-state index in [2.05, 4.69) is 15.6 Å². The van der Waals surface area contributed by atoms with E-state index < -0.39 is 11.9 Å². The number of anilines is 1. The van der Waals surface area contributed by atoms with Crippen molar-refractivity contribution in [1.82, 2.24) is 15.0 Å². The zero-order valence-corrected chi connectivity index (χ0v) is 13.2. The third-order valence-electron chi connectivity index (χ3n) is 3.19. The second-order valence-electron chi connectivity index (χ2n) is 4.95. The molecule has 0 atom stereocenters. The number of ether oxygens (including phenoxy) is 1. The molecular formula is C16H13ClN4O3. The Morgan fingerprint density at radius 1 is 1.12 bits per heavy atom. The van der Waals surface area contributed by atoms with E-state index in [9.17, 15) is 9.59 Å². The summed E-state index contributed by atoms with van der Waals surface area (Å²) in [5.41, 5.74) is 1.98. The van der Waals surface area contributed by atoms with Crippen LogP contribution in [0.2, 0.25) is 5.02 Å². The molecule has 122 valence electrons. The van der Waals surface area contributed by atoms with Crippen LogP contribution < -0.4 is 5.32 Å². The molecule has 24 heavy (non-hydrogen) atoms. The second-order valence-corrected chi connectivity index (χ2v) is 5.39. The number of aromatic nitrogens is 3. The van der Waals surface area contributed by atoms with Gasteiger partial charge in [0.05, 0.1) is 5.52 Å². The van der Waals surface area contributed by atoms with Crippen molar-refractivity contribution in [3.8, 4) is 0 Å². The van der Waals surface area contributed by atoms with Crippen molar-refractivity contribution in [3.63, 3.8) is 0 Å². The molecule has 0 aliphatic carbocycles. The van der Waals surface area contributed by atoms with E-state index >= 15 is 0 Å². The average Bonchev–Trinajstić information content (AvgIpc) is 2.98. The number of fused-ring (bicyclic) bond motifs is 1. The van der Waals surface area contributed by atoms with E-state index in [0.717, 1.165) is 5.52 Å². The fourth-order valence-corrected chi connectivity index (χ4v) is 2.20. The number of nitrogens with one attached hydrogen (secondary N) is 1. The highest BCUT2D eigenvalue weighted by Gasteiger charge is 2.11. The lowest BCUT2D eigenvalue weighted by atomic mass is 10.3. The molecule has 7 nitrogen and oxygen atoms in total. The first-order chi connectivity index (χ1) is 11.6. The summed E-state index contributed by atoms with van der Waals surface area (Å²) < 4.78 is 6.38. The Morgan fingerprint density at radius 3 is 2.67 bits per heavy atom. The third-order valence-corrected chi connectivity index (χ3v) is 3.44. The van der Waals surface area contributed by atoms with Crippen LogP contribution in [0.4, 0.5) is 5.69 Å². The number of para-hydroxylation sites is 1. The lowest BCUT2D eigenvalue weighted by Gasteiger charge is -2.07. The zero-order chi connectivity index (χ0) is 16.9. The van der Waals surface area contributed by atoms with Crippen molar-refractivity contribution in [1.29, 1.82) is 0 Å². The smallest absolute Gasteiger partial charge is 0.328 e. The number of hydrogen-bond donors (Lipinski definition) is 1. The van der Waals surface area contributed by atoms with Crippen molar-refractivity contribution < 1.29 is 14.3 Å². The van der Waals surface area contributed by atoms with Crippen molar-refractivity contribution in [2.45, 2.75) is 6.54 Å². The van der Waals surface area contributed by atoms with Gasteiger partial charge in [-0.1, -0.05) is 28.9 Å². The van der Waals surface area contributed by atoms with Crippen molar-refractivity contribution >= 4 is 40.2 Å². The van der Waals surface area contributed by atoms with Gasteiger partial charge in [-0.25, -0.2) is 4.68 Å². The molecule has 1 aromatic heterocycles. The maximum atomic E-state index is 11.8. The van der Waals surface area contributed by atoms with Gasteiger partial charge in [-0.05, 0) is 36.4 Å². The molecule has 0 saturated heterocycles. The van der Waals surface area contributed by atoms with Gasteiger partial charge in [0.2, 0.25) is 0 Å². The summed E-state index contributed by atoms with van der Waals surface area (Å²) in [6.45, 7) is -0.497. The van der Waals surface area contributed by atoms with Gasteiger partial charge in [0.25, 0.3) is 5.91 Å². The zero-order valence-electron chi connectivity index (χ0n) is 12.5. The molecule has 8 heteroatoms. The molecule has 0 aliphatic rings.